The molecule has 0 aromatic heterocycles. The number of piperidine rings is 1. The van der Waals surface area contributed by atoms with Gasteiger partial charge in [-0.3, -0.25) is 9.59 Å². The Morgan fingerprint density at radius 2 is 1.85 bits per heavy atom. The molecule has 0 bridgehead atoms. The summed E-state index contributed by atoms with van der Waals surface area (Å²) in [6, 6.07) is 4.76. The number of carbonyl (C=O) groups is 2. The fourth-order valence-corrected chi connectivity index (χ4v) is 5.61. The fraction of sp³-hybridized carbons (Fsp3) is 0.517. The number of ketones is 1. The van der Waals surface area contributed by atoms with Crippen LogP contribution < -0.4 is 30.0 Å². The molecule has 2 atom stereocenters. The second kappa shape index (κ2) is 13.4. The van der Waals surface area contributed by atoms with Crippen molar-refractivity contribution in [3.63, 3.8) is 0 Å². The maximum absolute atomic E-state index is 13.3. The van der Waals surface area contributed by atoms with Gasteiger partial charge in [0, 0.05) is 37.7 Å². The minimum absolute atomic E-state index is 0.00240. The Bertz CT molecular complexity index is 1210. The summed E-state index contributed by atoms with van der Waals surface area (Å²) in [5.74, 6) is 1.62. The molecule has 2 aromatic rings. The van der Waals surface area contributed by atoms with Gasteiger partial charge in [0.05, 0.1) is 56.4 Å². The van der Waals surface area contributed by atoms with Gasteiger partial charge in [-0.05, 0) is 50.4 Å². The van der Waals surface area contributed by atoms with Gasteiger partial charge in [-0.15, -0.1) is 0 Å². The Morgan fingerprint density at radius 1 is 1.12 bits per heavy atom. The molecule has 1 fully saturated rings. The molecule has 1 saturated heterocycles. The predicted octanol–water partition coefficient (Wildman–Crippen LogP) is 3.76. The third-order valence-electron chi connectivity index (χ3n) is 7.56. The Morgan fingerprint density at radius 3 is 2.50 bits per heavy atom. The lowest BCUT2D eigenvalue weighted by molar-refractivity contribution is 0.00604. The van der Waals surface area contributed by atoms with E-state index in [4.69, 9.17) is 41.0 Å². The summed E-state index contributed by atoms with van der Waals surface area (Å²) in [4.78, 5) is 28.5. The van der Waals surface area contributed by atoms with E-state index in [2.05, 4.69) is 10.2 Å². The van der Waals surface area contributed by atoms with Crippen molar-refractivity contribution in [1.29, 1.82) is 0 Å². The summed E-state index contributed by atoms with van der Waals surface area (Å²) in [6.07, 6.45) is 3.10. The number of nitrogens with two attached hydrogens (primary N) is 1. The Hall–Kier alpha value is -3.21. The number of nitrogen functional groups attached to an aromatic ring is 1. The zero-order chi connectivity index (χ0) is 28.8. The minimum atomic E-state index is -0.253. The zero-order valence-electron chi connectivity index (χ0n) is 23.5. The summed E-state index contributed by atoms with van der Waals surface area (Å²) in [5, 5.41) is 3.48. The number of benzene rings is 2. The quantitative estimate of drug-likeness (QED) is 0.305. The van der Waals surface area contributed by atoms with Crippen LogP contribution in [0.2, 0.25) is 5.02 Å². The highest BCUT2D eigenvalue weighted by Crippen LogP contribution is 2.39. The summed E-state index contributed by atoms with van der Waals surface area (Å²) in [5.41, 5.74) is 8.32. The van der Waals surface area contributed by atoms with Crippen molar-refractivity contribution >= 4 is 29.0 Å². The van der Waals surface area contributed by atoms with Crippen LogP contribution in [0.15, 0.2) is 18.2 Å². The van der Waals surface area contributed by atoms with Crippen LogP contribution in [0.25, 0.3) is 0 Å². The number of likely N-dealkylation sites (tertiary alicyclic amines) is 1. The van der Waals surface area contributed by atoms with Crippen LogP contribution in [-0.4, -0.2) is 83.4 Å². The van der Waals surface area contributed by atoms with Crippen molar-refractivity contribution in [2.75, 3.05) is 60.4 Å². The van der Waals surface area contributed by atoms with Gasteiger partial charge in [0.1, 0.15) is 5.75 Å². The molecule has 1 amide bonds. The van der Waals surface area contributed by atoms with Crippen LogP contribution in [0.4, 0.5) is 5.69 Å². The highest BCUT2D eigenvalue weighted by Gasteiger charge is 2.32. The van der Waals surface area contributed by atoms with Crippen LogP contribution in [0.5, 0.6) is 23.0 Å². The maximum atomic E-state index is 13.3. The van der Waals surface area contributed by atoms with E-state index < -0.39 is 0 Å². The van der Waals surface area contributed by atoms with Crippen LogP contribution in [0, 0.1) is 0 Å². The van der Waals surface area contributed by atoms with E-state index in [0.29, 0.717) is 77.2 Å². The molecule has 2 heterocycles. The molecule has 2 aliphatic rings. The molecule has 11 heteroatoms. The molecule has 0 radical (unpaired) electrons. The third-order valence-corrected chi connectivity index (χ3v) is 7.87. The van der Waals surface area contributed by atoms with Crippen LogP contribution in [-0.2, 0) is 11.2 Å². The summed E-state index contributed by atoms with van der Waals surface area (Å²) >= 11 is 6.33. The molecule has 40 heavy (non-hydrogen) atoms. The maximum Gasteiger partial charge on any atom is 0.255 e. The van der Waals surface area contributed by atoms with E-state index in [-0.39, 0.29) is 23.8 Å². The predicted molar refractivity (Wildman–Crippen MR) is 152 cm³/mol. The van der Waals surface area contributed by atoms with Crippen molar-refractivity contribution in [3.05, 3.63) is 39.9 Å². The molecule has 2 aromatic carbocycles. The molecule has 3 N–H and O–H groups in total. The van der Waals surface area contributed by atoms with Gasteiger partial charge in [-0.25, -0.2) is 0 Å². The first kappa shape index (κ1) is 29.8. The average molecular weight is 576 g/mol. The van der Waals surface area contributed by atoms with Gasteiger partial charge >= 0.3 is 0 Å². The number of anilines is 1. The number of nitrogens with one attached hydrogen (secondary N) is 1. The smallest absolute Gasteiger partial charge is 0.255 e. The Labute approximate surface area is 240 Å². The van der Waals surface area contributed by atoms with Gasteiger partial charge in [0.2, 0.25) is 5.75 Å². The number of amides is 1. The second-order valence-corrected chi connectivity index (χ2v) is 10.4. The molecule has 0 unspecified atom stereocenters. The lowest BCUT2D eigenvalue weighted by Gasteiger charge is -2.38. The number of hydrogen-bond donors (Lipinski definition) is 2. The molecule has 0 saturated carbocycles. The zero-order valence-corrected chi connectivity index (χ0v) is 24.3. The van der Waals surface area contributed by atoms with E-state index >= 15 is 0 Å². The molecular weight excluding hydrogens is 538 g/mol. The minimum Gasteiger partial charge on any atom is -0.493 e. The second-order valence-electron chi connectivity index (χ2n) is 9.96. The normalized spacial score (nSPS) is 18.8. The number of Topliss-reactive ketones (excluding diaryl/α,β-unsaturated/α-hetero) is 1. The topological polar surface area (TPSA) is 122 Å². The van der Waals surface area contributed by atoms with Crippen molar-refractivity contribution in [3.8, 4) is 23.0 Å². The number of rotatable bonds is 11. The molecule has 0 spiro atoms. The highest BCUT2D eigenvalue weighted by atomic mass is 35.5. The Balaban J connectivity index is 1.33. The van der Waals surface area contributed by atoms with Crippen molar-refractivity contribution in [2.24, 2.45) is 0 Å². The number of halogens is 1. The van der Waals surface area contributed by atoms with E-state index in [1.165, 1.54) is 21.3 Å². The van der Waals surface area contributed by atoms with E-state index in [9.17, 15) is 9.59 Å². The molecule has 10 nitrogen and oxygen atoms in total. The molecule has 2 aliphatic heterocycles. The summed E-state index contributed by atoms with van der Waals surface area (Å²) < 4.78 is 27.7. The number of methoxy groups -OCH3 is 4. The third kappa shape index (κ3) is 6.40. The molecule has 218 valence electrons. The molecular formula is C29H38ClN3O7. The van der Waals surface area contributed by atoms with Crippen LogP contribution >= 0.6 is 11.6 Å². The van der Waals surface area contributed by atoms with Gasteiger partial charge in [-0.1, -0.05) is 11.6 Å². The Kier molecular flexibility index (Phi) is 9.99. The monoisotopic (exact) mass is 575 g/mol. The van der Waals surface area contributed by atoms with Gasteiger partial charge < -0.3 is 39.6 Å². The standard InChI is InChI=1S/C29H38ClN3O7/c1-36-23-13-17(14-24(37-2)28(23)39-4)22(34)8-5-10-33-11-9-21(25(16-33)38-3)32-29(35)19-15-20(30)26(31)18-7-6-12-40-27(18)19/h13-15,21,25H,5-12,16,31H2,1-4H3,(H,32,35)/t21-,25+/m1/s1. The highest BCUT2D eigenvalue weighted by molar-refractivity contribution is 6.33. The van der Waals surface area contributed by atoms with Crippen LogP contribution in [0.3, 0.4) is 0 Å². The lowest BCUT2D eigenvalue weighted by Crippen LogP contribution is -2.55. The first-order valence-corrected chi connectivity index (χ1v) is 13.8. The largest absolute Gasteiger partial charge is 0.493 e. The van der Waals surface area contributed by atoms with E-state index in [0.717, 1.165) is 31.5 Å². The van der Waals surface area contributed by atoms with Gasteiger partial charge in [0.25, 0.3) is 5.91 Å². The lowest BCUT2D eigenvalue weighted by atomic mass is 9.97. The number of fused-ring (bicyclic) bond motifs is 1. The number of ether oxygens (including phenoxy) is 5. The van der Waals surface area contributed by atoms with Gasteiger partial charge in [0.15, 0.2) is 17.3 Å². The van der Waals surface area contributed by atoms with E-state index in [1.807, 2.05) is 0 Å². The summed E-state index contributed by atoms with van der Waals surface area (Å²) in [7, 11) is 6.22. The van der Waals surface area contributed by atoms with Crippen molar-refractivity contribution in [1.82, 2.24) is 10.2 Å². The van der Waals surface area contributed by atoms with E-state index in [1.54, 1.807) is 25.3 Å². The SMILES string of the molecule is COc1cc(C(=O)CCCN2CC[C@@H](NC(=O)c3cc(Cl)c(N)c4c3OCCC4)[C@@H](OC)C2)cc(OC)c1OC. The summed E-state index contributed by atoms with van der Waals surface area (Å²) in [6.45, 7) is 2.66. The average Bonchev–Trinajstić information content (AvgIpc) is 2.98. The first-order chi connectivity index (χ1) is 19.3. The number of nitrogens with zero attached hydrogens (tertiary/aromatic N) is 1. The fourth-order valence-electron chi connectivity index (χ4n) is 5.39. The number of hydrogen-bond acceptors (Lipinski definition) is 9. The molecule has 0 aliphatic carbocycles. The van der Waals surface area contributed by atoms with Gasteiger partial charge in [-0.2, -0.15) is 0 Å². The molecule has 4 rings (SSSR count). The first-order valence-electron chi connectivity index (χ1n) is 13.4. The van der Waals surface area contributed by atoms with Crippen LogP contribution in [0.1, 0.15) is 52.0 Å². The van der Waals surface area contributed by atoms with Crippen molar-refractivity contribution < 1.29 is 33.3 Å². The van der Waals surface area contributed by atoms with Crippen molar-refractivity contribution in [2.45, 2.75) is 44.2 Å². The number of carbonyl (C=O) groups excluding carboxylic acids is 2.